The second-order valence-corrected chi connectivity index (χ2v) is 6.27. The summed E-state index contributed by atoms with van der Waals surface area (Å²) in [4.78, 5) is 14.5. The van der Waals surface area contributed by atoms with Crippen LogP contribution < -0.4 is 14.4 Å². The summed E-state index contributed by atoms with van der Waals surface area (Å²) >= 11 is 0. The Kier molecular flexibility index (Phi) is 3.76. The highest BCUT2D eigenvalue weighted by Gasteiger charge is 2.55. The number of anilines is 1. The number of methoxy groups -OCH3 is 2. The van der Waals surface area contributed by atoms with Gasteiger partial charge in [-0.25, -0.2) is 0 Å². The molecule has 0 aromatic heterocycles. The van der Waals surface area contributed by atoms with Gasteiger partial charge in [-0.05, 0) is 55.8 Å². The van der Waals surface area contributed by atoms with Gasteiger partial charge in [-0.2, -0.15) is 0 Å². The van der Waals surface area contributed by atoms with Crippen LogP contribution >= 0.6 is 0 Å². The third kappa shape index (κ3) is 2.44. The van der Waals surface area contributed by atoms with Crippen LogP contribution in [0, 0.1) is 5.41 Å². The first-order chi connectivity index (χ1) is 11.0. The van der Waals surface area contributed by atoms with E-state index in [9.17, 15) is 4.79 Å². The number of ether oxygens (including phenoxy) is 2. The first-order valence-corrected chi connectivity index (χ1v) is 7.60. The third-order valence-corrected chi connectivity index (χ3v) is 4.49. The minimum atomic E-state index is -0.422. The molecule has 0 N–H and O–H groups in total. The molecule has 0 unspecified atom stereocenters. The normalized spacial score (nSPS) is 19.2. The van der Waals surface area contributed by atoms with Crippen LogP contribution in [0.1, 0.15) is 25.5 Å². The van der Waals surface area contributed by atoms with Crippen molar-refractivity contribution in [2.75, 3.05) is 19.1 Å². The molecule has 0 saturated carbocycles. The van der Waals surface area contributed by atoms with Crippen molar-refractivity contribution in [2.45, 2.75) is 19.9 Å². The lowest BCUT2D eigenvalue weighted by atomic mass is 9.70. The number of carbonyl (C=O) groups excluding carboxylic acids is 1. The average molecular weight is 311 g/mol. The largest absolute Gasteiger partial charge is 0.497 e. The molecule has 3 rings (SSSR count). The van der Waals surface area contributed by atoms with E-state index in [0.717, 1.165) is 22.7 Å². The molecule has 1 atom stereocenters. The van der Waals surface area contributed by atoms with Crippen molar-refractivity contribution in [3.05, 3.63) is 54.1 Å². The van der Waals surface area contributed by atoms with Crippen LogP contribution in [-0.4, -0.2) is 20.1 Å². The molecular formula is C19H21NO3. The summed E-state index contributed by atoms with van der Waals surface area (Å²) in [5.41, 5.74) is 1.57. The zero-order valence-corrected chi connectivity index (χ0v) is 13.9. The molecule has 1 heterocycles. The molecular weight excluding hydrogens is 290 g/mol. The van der Waals surface area contributed by atoms with Crippen LogP contribution in [0.5, 0.6) is 11.5 Å². The van der Waals surface area contributed by atoms with Crippen molar-refractivity contribution in [3.8, 4) is 11.5 Å². The standard InChI is InChI=1S/C19H21NO3/c1-19(2)17(13-5-9-15(22-3)10-6-13)20(18(19)21)14-7-11-16(23-4)12-8-14/h5-12,17H,1-4H3/t17-/m0/s1. The molecule has 1 amide bonds. The lowest BCUT2D eigenvalue weighted by Gasteiger charge is -2.53. The molecule has 0 bridgehead atoms. The predicted molar refractivity (Wildman–Crippen MR) is 90.0 cm³/mol. The van der Waals surface area contributed by atoms with Gasteiger partial charge in [-0.15, -0.1) is 0 Å². The van der Waals surface area contributed by atoms with Gasteiger partial charge in [0.1, 0.15) is 11.5 Å². The predicted octanol–water partition coefficient (Wildman–Crippen LogP) is 3.82. The fraction of sp³-hybridized carbons (Fsp3) is 0.316. The minimum Gasteiger partial charge on any atom is -0.497 e. The molecule has 0 spiro atoms. The fourth-order valence-electron chi connectivity index (χ4n) is 3.16. The van der Waals surface area contributed by atoms with Crippen molar-refractivity contribution in [2.24, 2.45) is 5.41 Å². The van der Waals surface area contributed by atoms with Gasteiger partial charge < -0.3 is 14.4 Å². The van der Waals surface area contributed by atoms with Gasteiger partial charge in [0.2, 0.25) is 5.91 Å². The van der Waals surface area contributed by atoms with Gasteiger partial charge in [-0.3, -0.25) is 4.79 Å². The summed E-state index contributed by atoms with van der Waals surface area (Å²) in [5, 5.41) is 0. The van der Waals surface area contributed by atoms with E-state index < -0.39 is 5.41 Å². The van der Waals surface area contributed by atoms with Gasteiger partial charge in [0, 0.05) is 5.69 Å². The lowest BCUT2D eigenvalue weighted by molar-refractivity contribution is -0.137. The van der Waals surface area contributed by atoms with Crippen LogP contribution in [0.4, 0.5) is 5.69 Å². The molecule has 1 fully saturated rings. The van der Waals surface area contributed by atoms with Crippen molar-refractivity contribution in [1.82, 2.24) is 0 Å². The van der Waals surface area contributed by atoms with E-state index in [4.69, 9.17) is 9.47 Å². The number of β-lactam (4-membered cyclic amide) rings is 1. The second-order valence-electron chi connectivity index (χ2n) is 6.27. The summed E-state index contributed by atoms with van der Waals surface area (Å²) < 4.78 is 10.4. The van der Waals surface area contributed by atoms with Crippen molar-refractivity contribution >= 4 is 11.6 Å². The van der Waals surface area contributed by atoms with Crippen LogP contribution in [0.15, 0.2) is 48.5 Å². The Morgan fingerprint density at radius 2 is 1.35 bits per heavy atom. The maximum absolute atomic E-state index is 12.6. The van der Waals surface area contributed by atoms with E-state index in [1.807, 2.05) is 67.3 Å². The first kappa shape index (κ1) is 15.4. The van der Waals surface area contributed by atoms with E-state index in [2.05, 4.69) is 0 Å². The zero-order chi connectivity index (χ0) is 16.6. The number of carbonyl (C=O) groups is 1. The van der Waals surface area contributed by atoms with Gasteiger partial charge >= 0.3 is 0 Å². The molecule has 2 aromatic rings. The van der Waals surface area contributed by atoms with E-state index >= 15 is 0 Å². The fourth-order valence-corrected chi connectivity index (χ4v) is 3.16. The number of hydrogen-bond acceptors (Lipinski definition) is 3. The number of nitrogens with zero attached hydrogens (tertiary/aromatic N) is 1. The Morgan fingerprint density at radius 3 is 1.83 bits per heavy atom. The Hall–Kier alpha value is -2.49. The Bertz CT molecular complexity index is 704. The van der Waals surface area contributed by atoms with Crippen molar-refractivity contribution in [1.29, 1.82) is 0 Å². The summed E-state index contributed by atoms with van der Waals surface area (Å²) in [6.45, 7) is 3.98. The summed E-state index contributed by atoms with van der Waals surface area (Å²) in [7, 11) is 3.28. The third-order valence-electron chi connectivity index (χ3n) is 4.49. The maximum Gasteiger partial charge on any atom is 0.235 e. The molecule has 0 radical (unpaired) electrons. The number of benzene rings is 2. The monoisotopic (exact) mass is 311 g/mol. The van der Waals surface area contributed by atoms with Crippen molar-refractivity contribution < 1.29 is 14.3 Å². The number of rotatable bonds is 4. The Balaban J connectivity index is 1.95. The number of amides is 1. The SMILES string of the molecule is COc1ccc([C@@H]2N(c3ccc(OC)cc3)C(=O)C2(C)C)cc1. The van der Waals surface area contributed by atoms with Crippen LogP contribution in [0.2, 0.25) is 0 Å². The molecule has 4 nitrogen and oxygen atoms in total. The zero-order valence-electron chi connectivity index (χ0n) is 13.9. The molecule has 1 saturated heterocycles. The van der Waals surface area contributed by atoms with Gasteiger partial charge in [0.15, 0.2) is 0 Å². The van der Waals surface area contributed by atoms with Crippen LogP contribution in [0.3, 0.4) is 0 Å². The lowest BCUT2D eigenvalue weighted by Crippen LogP contribution is -2.61. The van der Waals surface area contributed by atoms with Crippen LogP contribution in [-0.2, 0) is 4.79 Å². The van der Waals surface area contributed by atoms with Gasteiger partial charge in [0.05, 0.1) is 25.7 Å². The van der Waals surface area contributed by atoms with E-state index in [1.54, 1.807) is 14.2 Å². The highest BCUT2D eigenvalue weighted by molar-refractivity contribution is 6.05. The van der Waals surface area contributed by atoms with Gasteiger partial charge in [-0.1, -0.05) is 12.1 Å². The van der Waals surface area contributed by atoms with E-state index in [-0.39, 0.29) is 11.9 Å². The maximum atomic E-state index is 12.6. The van der Waals surface area contributed by atoms with Crippen LogP contribution in [0.25, 0.3) is 0 Å². The molecule has 4 heteroatoms. The summed E-state index contributed by atoms with van der Waals surface area (Å²) in [6, 6.07) is 15.5. The molecule has 2 aromatic carbocycles. The summed E-state index contributed by atoms with van der Waals surface area (Å²) in [6.07, 6.45) is 0. The average Bonchev–Trinajstić information content (AvgIpc) is 2.59. The topological polar surface area (TPSA) is 38.8 Å². The van der Waals surface area contributed by atoms with Gasteiger partial charge in [0.25, 0.3) is 0 Å². The number of hydrogen-bond donors (Lipinski definition) is 0. The summed E-state index contributed by atoms with van der Waals surface area (Å²) in [5.74, 6) is 1.72. The minimum absolute atomic E-state index is 0.00861. The molecule has 120 valence electrons. The Labute approximate surface area is 136 Å². The Morgan fingerprint density at radius 1 is 0.870 bits per heavy atom. The molecule has 1 aliphatic heterocycles. The van der Waals surface area contributed by atoms with Crippen molar-refractivity contribution in [3.63, 3.8) is 0 Å². The van der Waals surface area contributed by atoms with E-state index in [1.165, 1.54) is 0 Å². The highest BCUT2D eigenvalue weighted by atomic mass is 16.5. The van der Waals surface area contributed by atoms with E-state index in [0.29, 0.717) is 0 Å². The highest BCUT2D eigenvalue weighted by Crippen LogP contribution is 2.51. The molecule has 23 heavy (non-hydrogen) atoms. The molecule has 1 aliphatic rings. The molecule has 0 aliphatic carbocycles. The smallest absolute Gasteiger partial charge is 0.235 e. The quantitative estimate of drug-likeness (QED) is 0.806. The first-order valence-electron chi connectivity index (χ1n) is 7.60. The second kappa shape index (κ2) is 5.61.